The number of carbonyl (C=O) groups is 2. The van der Waals surface area contributed by atoms with Crippen LogP contribution in [0.25, 0.3) is 6.08 Å². The van der Waals surface area contributed by atoms with E-state index < -0.39 is 18.2 Å². The first-order valence-corrected chi connectivity index (χ1v) is 9.44. The van der Waals surface area contributed by atoms with Gasteiger partial charge in [-0.2, -0.15) is 0 Å². The highest BCUT2D eigenvalue weighted by Gasteiger charge is 2.17. The van der Waals surface area contributed by atoms with Gasteiger partial charge in [0, 0.05) is 11.6 Å². The first-order valence-electron chi connectivity index (χ1n) is 9.44. The van der Waals surface area contributed by atoms with Gasteiger partial charge in [-0.25, -0.2) is 9.59 Å². The average molecular weight is 416 g/mol. The van der Waals surface area contributed by atoms with E-state index in [1.807, 2.05) is 30.3 Å². The number of amides is 1. The predicted octanol–water partition coefficient (Wildman–Crippen LogP) is 4.79. The zero-order chi connectivity index (χ0) is 22.2. The van der Waals surface area contributed by atoms with Gasteiger partial charge in [0.05, 0.1) is 0 Å². The number of ether oxygens (including phenoxy) is 1. The summed E-state index contributed by atoms with van der Waals surface area (Å²) in [7, 11) is 0. The van der Waals surface area contributed by atoms with Crippen LogP contribution in [-0.2, 0) is 9.53 Å². The van der Waals surface area contributed by atoms with Crippen LogP contribution < -0.4 is 5.32 Å². The molecular weight excluding hydrogens is 396 g/mol. The van der Waals surface area contributed by atoms with Gasteiger partial charge in [-0.15, -0.1) is 0 Å². The van der Waals surface area contributed by atoms with Crippen LogP contribution in [0.15, 0.2) is 65.2 Å². The monoisotopic (exact) mass is 416 g/mol. The third-order valence-corrected chi connectivity index (χ3v) is 4.29. The minimum atomic E-state index is -1.01. The maximum absolute atomic E-state index is 12.3. The van der Waals surface area contributed by atoms with Crippen molar-refractivity contribution >= 4 is 23.8 Å². The Balaban J connectivity index is 1.69. The Bertz CT molecular complexity index is 1150. The van der Waals surface area contributed by atoms with Gasteiger partial charge in [-0.05, 0) is 49.1 Å². The van der Waals surface area contributed by atoms with E-state index in [0.717, 1.165) is 17.2 Å². The van der Waals surface area contributed by atoms with Gasteiger partial charge in [0.15, 0.2) is 0 Å². The molecule has 3 aromatic rings. The van der Waals surface area contributed by atoms with E-state index in [-0.39, 0.29) is 5.76 Å². The molecule has 7 nitrogen and oxygen atoms in total. The lowest BCUT2D eigenvalue weighted by molar-refractivity contribution is -0.131. The summed E-state index contributed by atoms with van der Waals surface area (Å²) in [4.78, 5) is 22.9. The fraction of sp³-hybridized carbons (Fsp3) is 0.125. The molecule has 0 saturated heterocycles. The molecule has 1 aromatic heterocycles. The average Bonchev–Trinajstić information content (AvgIpc) is 3.11. The molecule has 31 heavy (non-hydrogen) atoms. The summed E-state index contributed by atoms with van der Waals surface area (Å²) in [6, 6.07) is 16.4. The minimum Gasteiger partial charge on any atom is -0.478 e. The van der Waals surface area contributed by atoms with E-state index in [2.05, 4.69) is 22.3 Å². The number of aryl methyl sites for hydroxylation is 1. The molecule has 0 radical (unpaired) electrons. The lowest BCUT2D eigenvalue weighted by Gasteiger charge is -2.13. The van der Waals surface area contributed by atoms with Crippen molar-refractivity contribution in [2.75, 3.05) is 5.32 Å². The molecule has 156 valence electrons. The summed E-state index contributed by atoms with van der Waals surface area (Å²) in [6.07, 6.45) is 1.49. The van der Waals surface area contributed by atoms with Gasteiger partial charge in [0.2, 0.25) is 5.76 Å². The maximum Gasteiger partial charge on any atom is 0.412 e. The van der Waals surface area contributed by atoms with Crippen molar-refractivity contribution in [2.45, 2.75) is 20.0 Å². The van der Waals surface area contributed by atoms with Crippen LogP contribution in [0.4, 0.5) is 10.5 Å². The number of hydrogen-bond acceptors (Lipinski definition) is 5. The smallest absolute Gasteiger partial charge is 0.412 e. The predicted molar refractivity (Wildman–Crippen MR) is 115 cm³/mol. The van der Waals surface area contributed by atoms with Gasteiger partial charge >= 0.3 is 12.1 Å². The third-order valence-electron chi connectivity index (χ3n) is 4.29. The quantitative estimate of drug-likeness (QED) is 0.458. The van der Waals surface area contributed by atoms with E-state index in [9.17, 15) is 9.59 Å². The SMILES string of the molecule is Cc1noc(C#Cc2ccc(/C=C/C(=O)O)cc2)c1NC(=O)O[C@H](C)c1ccccc1. The van der Waals surface area contributed by atoms with Crippen LogP contribution in [0.1, 0.15) is 41.2 Å². The Kier molecular flexibility index (Phi) is 6.86. The number of rotatable bonds is 5. The molecule has 2 N–H and O–H groups in total. The molecule has 2 aromatic carbocycles. The molecule has 0 unspecified atom stereocenters. The first kappa shape index (κ1) is 21.4. The molecule has 7 heteroatoms. The number of carbonyl (C=O) groups excluding carboxylic acids is 1. The second-order valence-corrected chi connectivity index (χ2v) is 6.60. The zero-order valence-electron chi connectivity index (χ0n) is 17.0. The molecule has 0 aliphatic carbocycles. The minimum absolute atomic E-state index is 0.205. The first-order chi connectivity index (χ1) is 14.9. The van der Waals surface area contributed by atoms with Gasteiger partial charge in [-0.1, -0.05) is 53.5 Å². The normalized spacial score (nSPS) is 11.4. The van der Waals surface area contributed by atoms with E-state index in [0.29, 0.717) is 16.9 Å². The van der Waals surface area contributed by atoms with Crippen molar-refractivity contribution in [3.8, 4) is 11.8 Å². The number of nitrogens with zero attached hydrogens (tertiary/aromatic N) is 1. The number of benzene rings is 2. The molecular formula is C24H20N2O5. The fourth-order valence-corrected chi connectivity index (χ4v) is 2.66. The van der Waals surface area contributed by atoms with Crippen molar-refractivity contribution in [1.29, 1.82) is 0 Å². The van der Waals surface area contributed by atoms with E-state index in [1.165, 1.54) is 6.08 Å². The Hall–Kier alpha value is -4.31. The number of anilines is 1. The Morgan fingerprint density at radius 2 is 1.84 bits per heavy atom. The van der Waals surface area contributed by atoms with Crippen LogP contribution in [0.5, 0.6) is 0 Å². The molecule has 0 saturated carbocycles. The topological polar surface area (TPSA) is 102 Å². The second-order valence-electron chi connectivity index (χ2n) is 6.60. The highest BCUT2D eigenvalue weighted by Crippen LogP contribution is 2.22. The van der Waals surface area contributed by atoms with Gasteiger partial charge < -0.3 is 14.4 Å². The number of nitrogens with one attached hydrogen (secondary N) is 1. The van der Waals surface area contributed by atoms with Gasteiger partial charge in [-0.3, -0.25) is 5.32 Å². The zero-order valence-corrected chi connectivity index (χ0v) is 17.0. The largest absolute Gasteiger partial charge is 0.478 e. The second kappa shape index (κ2) is 9.94. The Morgan fingerprint density at radius 3 is 2.52 bits per heavy atom. The summed E-state index contributed by atoms with van der Waals surface area (Å²) in [5, 5.41) is 15.2. The van der Waals surface area contributed by atoms with Crippen molar-refractivity contribution < 1.29 is 24.0 Å². The molecule has 1 atom stereocenters. The van der Waals surface area contributed by atoms with Crippen LogP contribution in [0, 0.1) is 18.8 Å². The lowest BCUT2D eigenvalue weighted by Crippen LogP contribution is -2.16. The standard InChI is InChI=1S/C24H20N2O5/c1-16-23(25-24(29)30-17(2)20-6-4-3-5-7-20)21(31-26-16)14-12-18-8-10-19(11-9-18)13-15-22(27)28/h3-11,13,15,17H,1-2H3,(H,25,29)(H,27,28)/b15-13+/t17-/m1/s1. The number of aromatic nitrogens is 1. The van der Waals surface area contributed by atoms with Crippen LogP contribution in [0.2, 0.25) is 0 Å². The lowest BCUT2D eigenvalue weighted by atomic mass is 10.1. The number of hydrogen-bond donors (Lipinski definition) is 2. The Labute approximate surface area is 179 Å². The molecule has 3 rings (SSSR count). The molecule has 1 amide bonds. The van der Waals surface area contributed by atoms with E-state index in [4.69, 9.17) is 14.4 Å². The molecule has 0 spiro atoms. The van der Waals surface area contributed by atoms with E-state index in [1.54, 1.807) is 38.1 Å². The van der Waals surface area contributed by atoms with Crippen molar-refractivity contribution in [1.82, 2.24) is 5.16 Å². The van der Waals surface area contributed by atoms with Crippen molar-refractivity contribution in [3.05, 3.63) is 88.8 Å². The summed E-state index contributed by atoms with van der Waals surface area (Å²) in [5.74, 6) is 4.97. The molecule has 0 bridgehead atoms. The number of aliphatic carboxylic acids is 1. The summed E-state index contributed by atoms with van der Waals surface area (Å²) in [5.41, 5.74) is 3.12. The molecule has 0 fully saturated rings. The number of carboxylic acids is 1. The van der Waals surface area contributed by atoms with Crippen molar-refractivity contribution in [3.63, 3.8) is 0 Å². The van der Waals surface area contributed by atoms with E-state index >= 15 is 0 Å². The van der Waals surface area contributed by atoms with Gasteiger partial charge in [0.25, 0.3) is 0 Å². The Morgan fingerprint density at radius 1 is 1.13 bits per heavy atom. The number of carboxylic acid groups (broad SMARTS) is 1. The summed E-state index contributed by atoms with van der Waals surface area (Å²) < 4.78 is 10.6. The van der Waals surface area contributed by atoms with Crippen LogP contribution >= 0.6 is 0 Å². The maximum atomic E-state index is 12.3. The third kappa shape index (κ3) is 6.08. The summed E-state index contributed by atoms with van der Waals surface area (Å²) in [6.45, 7) is 3.47. The fourth-order valence-electron chi connectivity index (χ4n) is 2.66. The molecule has 1 heterocycles. The van der Waals surface area contributed by atoms with Crippen molar-refractivity contribution in [2.24, 2.45) is 0 Å². The summed E-state index contributed by atoms with van der Waals surface area (Å²) >= 11 is 0. The highest BCUT2D eigenvalue weighted by atomic mass is 16.6. The van der Waals surface area contributed by atoms with Crippen LogP contribution in [0.3, 0.4) is 0 Å². The van der Waals surface area contributed by atoms with Crippen LogP contribution in [-0.4, -0.2) is 22.3 Å². The molecule has 0 aliphatic rings. The molecule has 0 aliphatic heterocycles. The van der Waals surface area contributed by atoms with Gasteiger partial charge in [0.1, 0.15) is 17.5 Å². The highest BCUT2D eigenvalue weighted by molar-refractivity contribution is 5.87.